The summed E-state index contributed by atoms with van der Waals surface area (Å²) >= 11 is 0. The van der Waals surface area contributed by atoms with Gasteiger partial charge in [-0.3, -0.25) is 24.0 Å². The van der Waals surface area contributed by atoms with E-state index < -0.39 is 53.7 Å². The quantitative estimate of drug-likeness (QED) is 0.195. The Morgan fingerprint density at radius 3 is 1.84 bits per heavy atom. The summed E-state index contributed by atoms with van der Waals surface area (Å²) < 4.78 is 0. The molecule has 0 aliphatic carbocycles. The van der Waals surface area contributed by atoms with Gasteiger partial charge in [-0.2, -0.15) is 0 Å². The molecule has 0 bridgehead atoms. The van der Waals surface area contributed by atoms with E-state index in [1.165, 1.54) is 24.0 Å². The molecule has 0 radical (unpaired) electrons. The normalized spacial score (nSPS) is 16.2. The van der Waals surface area contributed by atoms with Crippen LogP contribution in [0.2, 0.25) is 0 Å². The highest BCUT2D eigenvalue weighted by molar-refractivity contribution is 5.95. The van der Waals surface area contributed by atoms with Crippen LogP contribution in [0.3, 0.4) is 0 Å². The lowest BCUT2D eigenvalue weighted by molar-refractivity contribution is -0.142. The average molecular weight is 614 g/mol. The van der Waals surface area contributed by atoms with Gasteiger partial charge in [0.1, 0.15) is 29.9 Å². The highest BCUT2D eigenvalue weighted by Crippen LogP contribution is 2.21. The zero-order chi connectivity index (χ0) is 32.3. The minimum Gasteiger partial charge on any atom is -0.508 e. The number of aromatic hydroxyl groups is 1. The highest BCUT2D eigenvalue weighted by atomic mass is 16.3. The maximum atomic E-state index is 13.7. The maximum absolute atomic E-state index is 13.7. The number of nitrogens with one attached hydrogen (secondary N) is 3. The molecule has 0 saturated carbocycles. The number of carbonyl (C=O) groups is 5. The van der Waals surface area contributed by atoms with Gasteiger partial charge in [0.05, 0.1) is 0 Å². The number of primary amides is 1. The van der Waals surface area contributed by atoms with E-state index >= 15 is 0 Å². The van der Waals surface area contributed by atoms with Crippen molar-refractivity contribution in [1.82, 2.24) is 20.9 Å². The summed E-state index contributed by atoms with van der Waals surface area (Å²) in [7, 11) is 0. The van der Waals surface area contributed by atoms with Gasteiger partial charge in [-0.05, 0) is 41.7 Å². The SMILES string of the molecule is CC(=O)NC(Cc1ccc(O)cc1)C(=O)N1CCC[C@H]1C(=O)NC(Cc1ccccc1)C(=O)NC(Cc1ccccc1)C(N)=O. The Hall–Kier alpha value is -5.19. The molecule has 1 aliphatic rings. The number of benzene rings is 3. The molecule has 45 heavy (non-hydrogen) atoms. The Morgan fingerprint density at radius 1 is 0.756 bits per heavy atom. The van der Waals surface area contributed by atoms with E-state index in [9.17, 15) is 29.1 Å². The third kappa shape index (κ3) is 9.40. The van der Waals surface area contributed by atoms with E-state index in [1.54, 1.807) is 12.1 Å². The molecule has 1 fully saturated rings. The molecule has 4 rings (SSSR count). The molecule has 4 atom stereocenters. The number of phenols is 1. The van der Waals surface area contributed by atoms with E-state index in [-0.39, 0.29) is 25.0 Å². The highest BCUT2D eigenvalue weighted by Gasteiger charge is 2.39. The second-order valence-electron chi connectivity index (χ2n) is 11.2. The molecular weight excluding hydrogens is 574 g/mol. The zero-order valence-electron chi connectivity index (χ0n) is 25.1. The smallest absolute Gasteiger partial charge is 0.246 e. The lowest BCUT2D eigenvalue weighted by Gasteiger charge is -2.30. The van der Waals surface area contributed by atoms with Crippen LogP contribution in [-0.4, -0.2) is 70.3 Å². The Morgan fingerprint density at radius 2 is 1.29 bits per heavy atom. The molecule has 236 valence electrons. The number of hydrogen-bond donors (Lipinski definition) is 5. The van der Waals surface area contributed by atoms with Crippen LogP contribution in [0.4, 0.5) is 0 Å². The Balaban J connectivity index is 1.51. The van der Waals surface area contributed by atoms with Crippen molar-refractivity contribution in [3.8, 4) is 5.75 Å². The number of nitrogens with two attached hydrogens (primary N) is 1. The minimum absolute atomic E-state index is 0.0775. The molecule has 3 aromatic carbocycles. The van der Waals surface area contributed by atoms with Crippen LogP contribution in [0.15, 0.2) is 84.9 Å². The third-order valence-corrected chi connectivity index (χ3v) is 7.75. The number of hydrogen-bond acceptors (Lipinski definition) is 6. The fraction of sp³-hybridized carbons (Fsp3) is 0.324. The molecule has 5 amide bonds. The van der Waals surface area contributed by atoms with Crippen molar-refractivity contribution in [3.05, 3.63) is 102 Å². The van der Waals surface area contributed by atoms with Crippen LogP contribution in [-0.2, 0) is 43.2 Å². The predicted octanol–water partition coefficient (Wildman–Crippen LogP) is 1.37. The Kier molecular flexibility index (Phi) is 11.3. The van der Waals surface area contributed by atoms with Crippen molar-refractivity contribution < 1.29 is 29.1 Å². The van der Waals surface area contributed by atoms with E-state index in [0.717, 1.165) is 16.7 Å². The average Bonchev–Trinajstić information content (AvgIpc) is 3.52. The topological polar surface area (TPSA) is 171 Å². The van der Waals surface area contributed by atoms with Gasteiger partial charge in [0.15, 0.2) is 0 Å². The molecule has 11 nitrogen and oxygen atoms in total. The third-order valence-electron chi connectivity index (χ3n) is 7.75. The van der Waals surface area contributed by atoms with Crippen LogP contribution in [0.5, 0.6) is 5.75 Å². The molecular formula is C34H39N5O6. The zero-order valence-corrected chi connectivity index (χ0v) is 25.1. The first-order chi connectivity index (χ1) is 21.6. The summed E-state index contributed by atoms with van der Waals surface area (Å²) in [6.45, 7) is 1.62. The molecule has 0 spiro atoms. The van der Waals surface area contributed by atoms with Gasteiger partial charge in [0.2, 0.25) is 29.5 Å². The minimum atomic E-state index is -1.06. The second-order valence-corrected chi connectivity index (χ2v) is 11.2. The summed E-state index contributed by atoms with van der Waals surface area (Å²) in [5, 5.41) is 17.8. The molecule has 1 aliphatic heterocycles. The largest absolute Gasteiger partial charge is 0.508 e. The molecule has 3 unspecified atom stereocenters. The van der Waals surface area contributed by atoms with Gasteiger partial charge in [-0.1, -0.05) is 72.8 Å². The number of nitrogens with zero attached hydrogens (tertiary/aromatic N) is 1. The maximum Gasteiger partial charge on any atom is 0.246 e. The van der Waals surface area contributed by atoms with Crippen molar-refractivity contribution in [1.29, 1.82) is 0 Å². The predicted molar refractivity (Wildman–Crippen MR) is 167 cm³/mol. The van der Waals surface area contributed by atoms with Crippen LogP contribution < -0.4 is 21.7 Å². The summed E-state index contributed by atoms with van der Waals surface area (Å²) in [6, 6.07) is 20.7. The summed E-state index contributed by atoms with van der Waals surface area (Å²) in [5.74, 6) is -2.54. The first kappa shape index (κ1) is 32.7. The first-order valence-corrected chi connectivity index (χ1v) is 14.9. The van der Waals surface area contributed by atoms with Gasteiger partial charge in [0.25, 0.3) is 0 Å². The fourth-order valence-electron chi connectivity index (χ4n) is 5.49. The number of likely N-dealkylation sites (tertiary alicyclic amines) is 1. The summed E-state index contributed by atoms with van der Waals surface area (Å²) in [6.07, 6.45) is 1.43. The van der Waals surface area contributed by atoms with Gasteiger partial charge >= 0.3 is 0 Å². The number of carbonyl (C=O) groups excluding carboxylic acids is 5. The number of phenolic OH excluding ortho intramolecular Hbond substituents is 1. The lowest BCUT2D eigenvalue weighted by atomic mass is 10.0. The van der Waals surface area contributed by atoms with Gasteiger partial charge < -0.3 is 31.7 Å². The van der Waals surface area contributed by atoms with Crippen molar-refractivity contribution in [3.63, 3.8) is 0 Å². The summed E-state index contributed by atoms with van der Waals surface area (Å²) in [4.78, 5) is 66.8. The van der Waals surface area contributed by atoms with Crippen molar-refractivity contribution in [2.75, 3.05) is 6.54 Å². The summed E-state index contributed by atoms with van der Waals surface area (Å²) in [5.41, 5.74) is 7.96. The van der Waals surface area contributed by atoms with Gasteiger partial charge in [-0.25, -0.2) is 0 Å². The van der Waals surface area contributed by atoms with Gasteiger partial charge in [0, 0.05) is 32.7 Å². The van der Waals surface area contributed by atoms with Crippen molar-refractivity contribution in [2.45, 2.75) is 63.2 Å². The first-order valence-electron chi connectivity index (χ1n) is 14.9. The Labute approximate surface area is 262 Å². The molecule has 3 aromatic rings. The van der Waals surface area contributed by atoms with Crippen molar-refractivity contribution in [2.24, 2.45) is 5.73 Å². The van der Waals surface area contributed by atoms with Crippen LogP contribution in [0.1, 0.15) is 36.5 Å². The Bertz CT molecular complexity index is 1480. The fourth-order valence-corrected chi connectivity index (χ4v) is 5.49. The standard InChI is InChI=1S/C34H39N5O6/c1-22(40)36-29(21-25-14-16-26(41)17-15-25)34(45)39-18-8-13-30(39)33(44)38-28(20-24-11-6-3-7-12-24)32(43)37-27(31(35)42)19-23-9-4-2-5-10-23/h2-7,9-12,14-17,27-30,41H,8,13,18-21H2,1H3,(H2,35,42)(H,36,40)(H,37,43)(H,38,44)/t27?,28?,29?,30-/m0/s1. The van der Waals surface area contributed by atoms with Crippen LogP contribution in [0.25, 0.3) is 0 Å². The molecule has 0 aromatic heterocycles. The van der Waals surface area contributed by atoms with Crippen LogP contribution in [0, 0.1) is 0 Å². The van der Waals surface area contributed by atoms with Gasteiger partial charge in [-0.15, -0.1) is 0 Å². The molecule has 6 N–H and O–H groups in total. The number of rotatable bonds is 13. The van der Waals surface area contributed by atoms with E-state index in [0.29, 0.717) is 19.4 Å². The van der Waals surface area contributed by atoms with E-state index in [2.05, 4.69) is 16.0 Å². The van der Waals surface area contributed by atoms with Crippen LogP contribution >= 0.6 is 0 Å². The van der Waals surface area contributed by atoms with E-state index in [1.807, 2.05) is 60.7 Å². The van der Waals surface area contributed by atoms with Crippen molar-refractivity contribution >= 4 is 29.5 Å². The lowest BCUT2D eigenvalue weighted by Crippen LogP contribution is -2.58. The number of amides is 5. The molecule has 11 heteroatoms. The second kappa shape index (κ2) is 15.5. The monoisotopic (exact) mass is 613 g/mol. The molecule has 1 saturated heterocycles. The van der Waals surface area contributed by atoms with E-state index in [4.69, 9.17) is 5.73 Å². The molecule has 1 heterocycles.